The van der Waals surface area contributed by atoms with Crippen LogP contribution in [-0.2, 0) is 37.5 Å². The van der Waals surface area contributed by atoms with Gasteiger partial charge in [0.2, 0.25) is 0 Å². The highest BCUT2D eigenvalue weighted by Crippen LogP contribution is 2.43. The normalized spacial score (nSPS) is 14.0. The number of phosphoric ester groups is 1. The molecule has 0 bridgehead atoms. The topological polar surface area (TPSA) is 166 Å². The van der Waals surface area contributed by atoms with Gasteiger partial charge in [-0.1, -0.05) is 167 Å². The Kier molecular flexibility index (Phi) is 38.3. The Balaban J connectivity index is 4.30. The molecule has 0 aliphatic carbocycles. The number of unbranched alkanes of at least 4 members (excludes halogenated alkanes) is 21. The van der Waals surface area contributed by atoms with Gasteiger partial charge in [-0.15, -0.1) is 0 Å². The van der Waals surface area contributed by atoms with Crippen LogP contribution in [0, 0.1) is 5.92 Å². The molecule has 0 saturated carbocycles. The van der Waals surface area contributed by atoms with Crippen LogP contribution in [-0.4, -0.2) is 71.5 Å². The van der Waals surface area contributed by atoms with E-state index in [0.29, 0.717) is 19.3 Å². The van der Waals surface area contributed by atoms with Gasteiger partial charge in [-0.2, -0.15) is 0 Å². The highest BCUT2D eigenvalue weighted by atomic mass is 31.2. The first-order valence-electron chi connectivity index (χ1n) is 22.6. The number of allylic oxidation sites excluding steroid dienone is 4. The largest absolute Gasteiger partial charge is 0.472 e. The summed E-state index contributed by atoms with van der Waals surface area (Å²) in [5.41, 5.74) is 0. The number of hydrogen-bond acceptors (Lipinski definition) is 10. The van der Waals surface area contributed by atoms with Crippen molar-refractivity contribution >= 4 is 25.5 Å². The van der Waals surface area contributed by atoms with E-state index in [-0.39, 0.29) is 25.2 Å². The van der Waals surface area contributed by atoms with E-state index in [1.807, 2.05) is 6.08 Å². The van der Waals surface area contributed by atoms with Gasteiger partial charge in [-0.25, -0.2) is 4.57 Å². The SMILES string of the molecule is CCCCCC(=O)/C=C/C=C\CCCCCCCC(=O)OC[C@H](COP(=O)(O)OC[C@@H](O)CO)OC(=O)CCCCCCCCCCCCCCCCCC(C)C. The zero-order valence-electron chi connectivity index (χ0n) is 36.2. The van der Waals surface area contributed by atoms with Gasteiger partial charge in [-0.3, -0.25) is 23.4 Å². The number of esters is 2. The van der Waals surface area contributed by atoms with Gasteiger partial charge in [0, 0.05) is 19.3 Å². The van der Waals surface area contributed by atoms with Crippen LogP contribution in [0.5, 0.6) is 0 Å². The number of aliphatic hydroxyl groups excluding tert-OH is 2. The highest BCUT2D eigenvalue weighted by molar-refractivity contribution is 7.47. The Morgan fingerprint density at radius 2 is 1.11 bits per heavy atom. The minimum atomic E-state index is -4.63. The van der Waals surface area contributed by atoms with Crippen molar-refractivity contribution in [2.75, 3.05) is 26.4 Å². The maximum Gasteiger partial charge on any atom is 0.472 e. The van der Waals surface area contributed by atoms with E-state index in [4.69, 9.17) is 19.1 Å². The molecule has 0 fully saturated rings. The molecule has 0 saturated heterocycles. The van der Waals surface area contributed by atoms with E-state index in [2.05, 4.69) is 31.4 Å². The maximum atomic E-state index is 12.6. The smallest absolute Gasteiger partial charge is 0.462 e. The van der Waals surface area contributed by atoms with Crippen molar-refractivity contribution in [3.8, 4) is 0 Å². The number of rotatable bonds is 42. The predicted octanol–water partition coefficient (Wildman–Crippen LogP) is 11.2. The minimum Gasteiger partial charge on any atom is -0.462 e. The van der Waals surface area contributed by atoms with Crippen molar-refractivity contribution in [1.29, 1.82) is 0 Å². The lowest BCUT2D eigenvalue weighted by molar-refractivity contribution is -0.161. The lowest BCUT2D eigenvalue weighted by atomic mass is 10.0. The van der Waals surface area contributed by atoms with Gasteiger partial charge in [0.1, 0.15) is 12.7 Å². The van der Waals surface area contributed by atoms with Crippen LogP contribution in [0.3, 0.4) is 0 Å². The first kappa shape index (κ1) is 55.1. The first-order chi connectivity index (χ1) is 27.5. The third kappa shape index (κ3) is 40.7. The summed E-state index contributed by atoms with van der Waals surface area (Å²) in [6.45, 7) is 4.53. The van der Waals surface area contributed by atoms with Gasteiger partial charge in [0.05, 0.1) is 19.8 Å². The fraction of sp³-hybridized carbons (Fsp3) is 0.844. The summed E-state index contributed by atoms with van der Waals surface area (Å²) >= 11 is 0. The summed E-state index contributed by atoms with van der Waals surface area (Å²) in [4.78, 5) is 46.8. The fourth-order valence-corrected chi connectivity index (χ4v) is 7.01. The van der Waals surface area contributed by atoms with Crippen LogP contribution < -0.4 is 0 Å². The van der Waals surface area contributed by atoms with E-state index < -0.39 is 51.8 Å². The highest BCUT2D eigenvalue weighted by Gasteiger charge is 2.27. The van der Waals surface area contributed by atoms with Crippen molar-refractivity contribution in [3.63, 3.8) is 0 Å². The zero-order valence-corrected chi connectivity index (χ0v) is 37.1. The molecule has 12 heteroatoms. The molecular formula is C45H83O11P. The molecule has 0 spiro atoms. The molecule has 0 aromatic heterocycles. The number of carbonyl (C=O) groups is 3. The number of phosphoric acid groups is 1. The number of aliphatic hydroxyl groups is 2. The first-order valence-corrected chi connectivity index (χ1v) is 24.1. The third-order valence-corrected chi connectivity index (χ3v) is 10.7. The van der Waals surface area contributed by atoms with E-state index in [9.17, 15) is 28.9 Å². The molecule has 334 valence electrons. The second-order valence-electron chi connectivity index (χ2n) is 15.9. The molecular weight excluding hydrogens is 747 g/mol. The molecule has 0 aliphatic heterocycles. The van der Waals surface area contributed by atoms with Crippen LogP contribution in [0.15, 0.2) is 24.3 Å². The lowest BCUT2D eigenvalue weighted by Crippen LogP contribution is -2.29. The Morgan fingerprint density at radius 3 is 1.65 bits per heavy atom. The second-order valence-corrected chi connectivity index (χ2v) is 17.4. The standard InChI is InChI=1S/C45H83O11P/c1-4-5-26-32-41(47)33-28-23-19-15-13-17-20-24-29-34-44(49)53-38-43(39-55-57(51,52)54-37-42(48)36-46)56-45(50)35-30-25-21-16-12-10-8-6-7-9-11-14-18-22-27-31-40(2)3/h19,23,28,33,40,42-43,46,48H,4-18,20-22,24-27,29-32,34-39H2,1-3H3,(H,51,52)/b23-19-,33-28+/t42-,43+/m0/s1. The van der Waals surface area contributed by atoms with Crippen molar-refractivity contribution < 1.29 is 52.6 Å². The number of ketones is 1. The molecule has 0 rings (SSSR count). The Hall–Kier alpha value is -1.88. The molecule has 11 nitrogen and oxygen atoms in total. The predicted molar refractivity (Wildman–Crippen MR) is 229 cm³/mol. The van der Waals surface area contributed by atoms with Crippen LogP contribution >= 0.6 is 7.82 Å². The molecule has 0 amide bonds. The lowest BCUT2D eigenvalue weighted by Gasteiger charge is -2.20. The van der Waals surface area contributed by atoms with Gasteiger partial charge >= 0.3 is 19.8 Å². The van der Waals surface area contributed by atoms with Crippen LogP contribution in [0.1, 0.15) is 201 Å². The molecule has 57 heavy (non-hydrogen) atoms. The monoisotopic (exact) mass is 831 g/mol. The van der Waals surface area contributed by atoms with Crippen molar-refractivity contribution in [2.24, 2.45) is 5.92 Å². The number of carbonyl (C=O) groups excluding carboxylic acids is 3. The Morgan fingerprint density at radius 1 is 0.614 bits per heavy atom. The molecule has 0 radical (unpaired) electrons. The Bertz CT molecular complexity index is 1080. The van der Waals surface area contributed by atoms with Crippen molar-refractivity contribution in [3.05, 3.63) is 24.3 Å². The molecule has 0 aliphatic rings. The number of ether oxygens (including phenoxy) is 2. The summed E-state index contributed by atoms with van der Waals surface area (Å²) in [6.07, 6.45) is 34.1. The third-order valence-electron chi connectivity index (χ3n) is 9.76. The second kappa shape index (κ2) is 39.6. The summed E-state index contributed by atoms with van der Waals surface area (Å²) in [5.74, 6) is 0.0107. The summed E-state index contributed by atoms with van der Waals surface area (Å²) in [6, 6.07) is 0. The summed E-state index contributed by atoms with van der Waals surface area (Å²) in [5, 5.41) is 18.3. The van der Waals surface area contributed by atoms with Crippen LogP contribution in [0.25, 0.3) is 0 Å². The quantitative estimate of drug-likeness (QED) is 0.0176. The molecule has 0 aromatic rings. The summed E-state index contributed by atoms with van der Waals surface area (Å²) < 4.78 is 32.7. The van der Waals surface area contributed by atoms with E-state index >= 15 is 0 Å². The van der Waals surface area contributed by atoms with E-state index in [1.54, 1.807) is 12.2 Å². The Labute approximate surface area is 346 Å². The minimum absolute atomic E-state index is 0.166. The zero-order chi connectivity index (χ0) is 42.2. The molecule has 3 atom stereocenters. The summed E-state index contributed by atoms with van der Waals surface area (Å²) in [7, 11) is -4.63. The number of hydrogen-bond donors (Lipinski definition) is 3. The molecule has 0 heterocycles. The molecule has 1 unspecified atom stereocenters. The van der Waals surface area contributed by atoms with Gasteiger partial charge < -0.3 is 24.6 Å². The average Bonchev–Trinajstić information content (AvgIpc) is 3.18. The van der Waals surface area contributed by atoms with Gasteiger partial charge in [0.15, 0.2) is 11.9 Å². The fourth-order valence-electron chi connectivity index (χ4n) is 6.22. The van der Waals surface area contributed by atoms with Crippen LogP contribution in [0.2, 0.25) is 0 Å². The van der Waals surface area contributed by atoms with E-state index in [0.717, 1.165) is 76.5 Å². The van der Waals surface area contributed by atoms with Gasteiger partial charge in [0.25, 0.3) is 0 Å². The average molecular weight is 831 g/mol. The van der Waals surface area contributed by atoms with Crippen molar-refractivity contribution in [1.82, 2.24) is 0 Å². The van der Waals surface area contributed by atoms with Crippen molar-refractivity contribution in [2.45, 2.75) is 213 Å². The molecule has 3 N–H and O–H groups in total. The van der Waals surface area contributed by atoms with Gasteiger partial charge in [-0.05, 0) is 44.1 Å². The van der Waals surface area contributed by atoms with E-state index in [1.165, 1.54) is 77.0 Å². The maximum absolute atomic E-state index is 12.6. The molecule has 0 aromatic carbocycles. The van der Waals surface area contributed by atoms with Crippen LogP contribution in [0.4, 0.5) is 0 Å².